The number of amides is 1. The van der Waals surface area contributed by atoms with E-state index in [0.717, 1.165) is 62.7 Å². The Bertz CT molecular complexity index is 851. The minimum absolute atomic E-state index is 0.0615. The molecule has 2 aromatic heterocycles. The molecule has 3 heterocycles. The molecule has 25 heavy (non-hydrogen) atoms. The van der Waals surface area contributed by atoms with Crippen molar-refractivity contribution < 1.29 is 4.79 Å². The Morgan fingerprint density at radius 3 is 2.88 bits per heavy atom. The summed E-state index contributed by atoms with van der Waals surface area (Å²) in [5.74, 6) is 0.0615. The van der Waals surface area contributed by atoms with Gasteiger partial charge in [-0.05, 0) is 51.4 Å². The van der Waals surface area contributed by atoms with Gasteiger partial charge in [0.05, 0.1) is 5.69 Å². The van der Waals surface area contributed by atoms with E-state index >= 15 is 0 Å². The number of rotatable bonds is 3. The van der Waals surface area contributed by atoms with Crippen LogP contribution in [-0.2, 0) is 24.2 Å². The molecule has 1 amide bonds. The summed E-state index contributed by atoms with van der Waals surface area (Å²) in [6, 6.07) is 0.323. The van der Waals surface area contributed by atoms with Gasteiger partial charge in [-0.1, -0.05) is 6.92 Å². The number of carbonyl (C=O) groups is 1. The lowest BCUT2D eigenvalue weighted by atomic mass is 9.97. The van der Waals surface area contributed by atoms with Crippen molar-refractivity contribution in [2.75, 3.05) is 6.54 Å². The first kappa shape index (κ1) is 16.4. The molecule has 0 bridgehead atoms. The van der Waals surface area contributed by atoms with E-state index in [1.54, 1.807) is 15.3 Å². The fraction of sp³-hybridized carbons (Fsp3) is 0.632. The molecule has 1 saturated heterocycles. The number of hydrogen-bond acceptors (Lipinski definition) is 3. The standard InChI is InChI=1S/C19H26N4O2/c1-2-14-7-5-6-10-22(14)17(24)13-21-11-12-23-18(19(21)25)15-8-3-4-9-16(15)20-23/h11-12,14H,2-10,13H2,1H3/t14-/m0/s1. The third-order valence-electron chi connectivity index (χ3n) is 5.76. The topological polar surface area (TPSA) is 59.6 Å². The minimum Gasteiger partial charge on any atom is -0.338 e. The van der Waals surface area contributed by atoms with E-state index in [9.17, 15) is 9.59 Å². The van der Waals surface area contributed by atoms with Crippen LogP contribution >= 0.6 is 0 Å². The number of piperidine rings is 1. The van der Waals surface area contributed by atoms with E-state index in [0.29, 0.717) is 11.6 Å². The van der Waals surface area contributed by atoms with Gasteiger partial charge in [0.1, 0.15) is 12.1 Å². The first-order chi connectivity index (χ1) is 12.2. The van der Waals surface area contributed by atoms with Gasteiger partial charge < -0.3 is 9.47 Å². The molecule has 6 nitrogen and oxygen atoms in total. The quantitative estimate of drug-likeness (QED) is 0.859. The molecule has 0 aromatic carbocycles. The summed E-state index contributed by atoms with van der Waals surface area (Å²) in [4.78, 5) is 27.7. The summed E-state index contributed by atoms with van der Waals surface area (Å²) in [6.07, 6.45) is 11.9. The summed E-state index contributed by atoms with van der Waals surface area (Å²) in [5.41, 5.74) is 2.71. The van der Waals surface area contributed by atoms with Crippen LogP contribution in [0.15, 0.2) is 17.2 Å². The van der Waals surface area contributed by atoms with E-state index in [1.165, 1.54) is 6.42 Å². The highest BCUT2D eigenvalue weighted by Crippen LogP contribution is 2.23. The number of aromatic nitrogens is 3. The van der Waals surface area contributed by atoms with Gasteiger partial charge in [-0.25, -0.2) is 4.52 Å². The zero-order valence-corrected chi connectivity index (χ0v) is 14.9. The fourth-order valence-electron chi connectivity index (χ4n) is 4.37. The Morgan fingerprint density at radius 2 is 2.04 bits per heavy atom. The van der Waals surface area contributed by atoms with E-state index in [2.05, 4.69) is 12.0 Å². The van der Waals surface area contributed by atoms with Crippen molar-refractivity contribution in [1.29, 1.82) is 0 Å². The molecule has 0 spiro atoms. The predicted octanol–water partition coefficient (Wildman–Crippen LogP) is 2.17. The van der Waals surface area contributed by atoms with Crippen molar-refractivity contribution in [1.82, 2.24) is 19.1 Å². The van der Waals surface area contributed by atoms with E-state index in [4.69, 9.17) is 0 Å². The molecule has 1 fully saturated rings. The van der Waals surface area contributed by atoms with Crippen molar-refractivity contribution in [3.63, 3.8) is 0 Å². The molecular weight excluding hydrogens is 316 g/mol. The lowest BCUT2D eigenvalue weighted by Gasteiger charge is -2.35. The third kappa shape index (κ3) is 2.87. The predicted molar refractivity (Wildman–Crippen MR) is 95.7 cm³/mol. The van der Waals surface area contributed by atoms with Crippen molar-refractivity contribution in [3.05, 3.63) is 34.0 Å². The molecule has 1 atom stereocenters. The number of nitrogens with zero attached hydrogens (tertiary/aromatic N) is 4. The molecule has 0 saturated carbocycles. The molecule has 6 heteroatoms. The highest BCUT2D eigenvalue weighted by molar-refractivity contribution is 5.76. The van der Waals surface area contributed by atoms with Gasteiger partial charge in [0.15, 0.2) is 0 Å². The largest absolute Gasteiger partial charge is 0.338 e. The number of aryl methyl sites for hydroxylation is 2. The van der Waals surface area contributed by atoms with E-state index < -0.39 is 0 Å². The number of fused-ring (bicyclic) bond motifs is 3. The summed E-state index contributed by atoms with van der Waals surface area (Å²) >= 11 is 0. The molecule has 2 aromatic rings. The smallest absolute Gasteiger partial charge is 0.277 e. The SMILES string of the molecule is CC[C@H]1CCCCN1C(=O)Cn1ccn2nc3c(c2c1=O)CCCC3. The lowest BCUT2D eigenvalue weighted by Crippen LogP contribution is -2.45. The van der Waals surface area contributed by atoms with Crippen LogP contribution in [0.2, 0.25) is 0 Å². The normalized spacial score (nSPS) is 20.7. The molecule has 4 rings (SSSR count). The maximum atomic E-state index is 13.0. The van der Waals surface area contributed by atoms with Crippen LogP contribution in [0.1, 0.15) is 56.7 Å². The molecule has 0 N–H and O–H groups in total. The molecular formula is C19H26N4O2. The average molecular weight is 342 g/mol. The van der Waals surface area contributed by atoms with Crippen LogP contribution in [0.4, 0.5) is 0 Å². The molecule has 0 unspecified atom stereocenters. The van der Waals surface area contributed by atoms with Crippen LogP contribution in [-0.4, -0.2) is 37.6 Å². The highest BCUT2D eigenvalue weighted by atomic mass is 16.2. The molecule has 0 radical (unpaired) electrons. The van der Waals surface area contributed by atoms with Gasteiger partial charge in [-0.3, -0.25) is 9.59 Å². The van der Waals surface area contributed by atoms with Gasteiger partial charge in [0.25, 0.3) is 5.56 Å². The van der Waals surface area contributed by atoms with Gasteiger partial charge in [-0.2, -0.15) is 5.10 Å². The monoisotopic (exact) mass is 342 g/mol. The number of hydrogen-bond donors (Lipinski definition) is 0. The fourth-order valence-corrected chi connectivity index (χ4v) is 4.37. The van der Waals surface area contributed by atoms with Crippen molar-refractivity contribution >= 4 is 11.4 Å². The van der Waals surface area contributed by atoms with Crippen molar-refractivity contribution in [2.24, 2.45) is 0 Å². The second-order valence-corrected chi connectivity index (χ2v) is 7.30. The Balaban J connectivity index is 1.64. The van der Waals surface area contributed by atoms with Crippen LogP contribution in [0.25, 0.3) is 5.52 Å². The summed E-state index contributed by atoms with van der Waals surface area (Å²) < 4.78 is 3.27. The van der Waals surface area contributed by atoms with Crippen molar-refractivity contribution in [3.8, 4) is 0 Å². The van der Waals surface area contributed by atoms with Crippen LogP contribution in [0.3, 0.4) is 0 Å². The minimum atomic E-state index is -0.0865. The van der Waals surface area contributed by atoms with E-state index in [-0.39, 0.29) is 18.0 Å². The van der Waals surface area contributed by atoms with Gasteiger partial charge in [0.2, 0.25) is 5.91 Å². The highest BCUT2D eigenvalue weighted by Gasteiger charge is 2.26. The second kappa shape index (κ2) is 6.65. The van der Waals surface area contributed by atoms with Gasteiger partial charge in [0, 0.05) is 30.5 Å². The Hall–Kier alpha value is -2.11. The molecule has 2 aliphatic rings. The second-order valence-electron chi connectivity index (χ2n) is 7.30. The number of carbonyl (C=O) groups excluding carboxylic acids is 1. The van der Waals surface area contributed by atoms with E-state index in [1.807, 2.05) is 11.1 Å². The Kier molecular flexibility index (Phi) is 4.36. The zero-order valence-electron chi connectivity index (χ0n) is 14.9. The molecule has 134 valence electrons. The van der Waals surface area contributed by atoms with Crippen LogP contribution in [0, 0.1) is 0 Å². The van der Waals surface area contributed by atoms with Crippen LogP contribution < -0.4 is 5.56 Å². The lowest BCUT2D eigenvalue weighted by molar-refractivity contribution is -0.135. The average Bonchev–Trinajstić information content (AvgIpc) is 3.03. The maximum absolute atomic E-state index is 13.0. The number of likely N-dealkylation sites (tertiary alicyclic amines) is 1. The summed E-state index contributed by atoms with van der Waals surface area (Å²) in [6.45, 7) is 3.08. The van der Waals surface area contributed by atoms with Crippen LogP contribution in [0.5, 0.6) is 0 Å². The van der Waals surface area contributed by atoms with Gasteiger partial charge >= 0.3 is 0 Å². The summed E-state index contributed by atoms with van der Waals surface area (Å²) in [5, 5.41) is 4.56. The third-order valence-corrected chi connectivity index (χ3v) is 5.76. The first-order valence-corrected chi connectivity index (χ1v) is 9.58. The summed E-state index contributed by atoms with van der Waals surface area (Å²) in [7, 11) is 0. The van der Waals surface area contributed by atoms with Crippen molar-refractivity contribution in [2.45, 2.75) is 70.9 Å². The molecule has 1 aliphatic heterocycles. The zero-order chi connectivity index (χ0) is 17.4. The molecule has 1 aliphatic carbocycles. The van der Waals surface area contributed by atoms with Gasteiger partial charge in [-0.15, -0.1) is 0 Å². The first-order valence-electron chi connectivity index (χ1n) is 9.58. The maximum Gasteiger partial charge on any atom is 0.277 e. The Morgan fingerprint density at radius 1 is 1.20 bits per heavy atom. The Labute approximate surface area is 147 Å².